The molecule has 14 aromatic rings. The lowest BCUT2D eigenvalue weighted by atomic mass is 9.84. The van der Waals surface area contributed by atoms with Crippen molar-refractivity contribution in [2.24, 2.45) is 0 Å². The first-order valence-electron chi connectivity index (χ1n) is 33.0. The van der Waals surface area contributed by atoms with Gasteiger partial charge in [-0.05, 0) is 195 Å². The maximum absolute atomic E-state index is 6.62. The predicted molar refractivity (Wildman–Crippen MR) is 400 cm³/mol. The van der Waals surface area contributed by atoms with Crippen LogP contribution in [0, 0.1) is 62.3 Å². The lowest BCUT2D eigenvalue weighted by Crippen LogP contribution is -2.18. The number of benzene rings is 8. The van der Waals surface area contributed by atoms with Crippen LogP contribution in [0.2, 0.25) is 0 Å². The van der Waals surface area contributed by atoms with Crippen LogP contribution in [0.1, 0.15) is 128 Å². The Morgan fingerprint density at radius 2 is 0.812 bits per heavy atom. The van der Waals surface area contributed by atoms with Crippen molar-refractivity contribution in [1.82, 2.24) is 4.98 Å². The van der Waals surface area contributed by atoms with Gasteiger partial charge in [-0.25, -0.2) is 0 Å². The fourth-order valence-corrected chi connectivity index (χ4v) is 15.9. The Morgan fingerprint density at radius 3 is 1.35 bits per heavy atom. The van der Waals surface area contributed by atoms with Gasteiger partial charge in [0.05, 0.1) is 44.4 Å². The van der Waals surface area contributed by atoms with Crippen molar-refractivity contribution in [3.05, 3.63) is 224 Å². The molecule has 0 amide bonds. The van der Waals surface area contributed by atoms with Crippen LogP contribution in [-0.4, -0.2) is 4.98 Å². The SMILES string of the molecule is Cc1cc2c(s1)N(c1c(C)cc(C(C)(C)C)cc1C)c1oc3ccccc3c1O2.Cc1ccc2oc3c(c2c1)Oc1c(sc2ccccc12)N3c1c(C)cc(C(C)(C)C)cc1C.Cc1ccc2oc3c(c2c1)Oc1cc2ncccc2cc1N3c1c(C)cc(C(C)(C)C)cc1C. The number of para-hydroxylation sites is 1. The average Bonchev–Trinajstić information content (AvgIpc) is 1.54. The molecule has 484 valence electrons. The Kier molecular flexibility index (Phi) is 14.8. The van der Waals surface area contributed by atoms with Gasteiger partial charge in [0.15, 0.2) is 34.5 Å². The van der Waals surface area contributed by atoms with E-state index in [9.17, 15) is 0 Å². The molecule has 0 aliphatic carbocycles. The molecule has 0 spiro atoms. The molecule has 0 fully saturated rings. The van der Waals surface area contributed by atoms with Crippen molar-refractivity contribution < 1.29 is 27.5 Å². The molecule has 9 heterocycles. The number of anilines is 9. The second-order valence-corrected chi connectivity index (χ2v) is 31.7. The van der Waals surface area contributed by atoms with Gasteiger partial charge in [-0.3, -0.25) is 19.7 Å². The zero-order valence-corrected chi connectivity index (χ0v) is 59.7. The molecule has 0 bridgehead atoms. The molecule has 96 heavy (non-hydrogen) atoms. The van der Waals surface area contributed by atoms with E-state index >= 15 is 0 Å². The Balaban J connectivity index is 0.000000119. The van der Waals surface area contributed by atoms with E-state index < -0.39 is 0 Å². The van der Waals surface area contributed by atoms with Gasteiger partial charge in [-0.1, -0.05) is 152 Å². The van der Waals surface area contributed by atoms with Crippen LogP contribution in [0.5, 0.6) is 34.5 Å². The van der Waals surface area contributed by atoms with Crippen molar-refractivity contribution in [2.75, 3.05) is 14.7 Å². The maximum atomic E-state index is 6.62. The molecule has 8 aromatic carbocycles. The van der Waals surface area contributed by atoms with Gasteiger partial charge in [0.25, 0.3) is 0 Å². The normalized spacial score (nSPS) is 13.3. The van der Waals surface area contributed by atoms with Crippen molar-refractivity contribution >= 4 is 127 Å². The van der Waals surface area contributed by atoms with E-state index in [1.807, 2.05) is 48.7 Å². The number of thiophene rings is 2. The summed E-state index contributed by atoms with van der Waals surface area (Å²) in [6.07, 6.45) is 1.82. The van der Waals surface area contributed by atoms with E-state index in [4.69, 9.17) is 27.5 Å². The van der Waals surface area contributed by atoms with Crippen LogP contribution in [0.15, 0.2) is 171 Å². The first kappa shape index (κ1) is 62.4. The Bertz CT molecular complexity index is 5430. The van der Waals surface area contributed by atoms with E-state index in [0.29, 0.717) is 5.88 Å². The van der Waals surface area contributed by atoms with E-state index in [-0.39, 0.29) is 16.2 Å². The summed E-state index contributed by atoms with van der Waals surface area (Å²) in [7, 11) is 0. The second kappa shape index (κ2) is 22.7. The van der Waals surface area contributed by atoms with E-state index in [1.54, 1.807) is 22.7 Å². The summed E-state index contributed by atoms with van der Waals surface area (Å²) in [5, 5.41) is 7.33. The van der Waals surface area contributed by atoms with Gasteiger partial charge in [-0.15, -0.1) is 22.7 Å². The zero-order chi connectivity index (χ0) is 67.3. The van der Waals surface area contributed by atoms with Crippen LogP contribution < -0.4 is 28.9 Å². The summed E-state index contributed by atoms with van der Waals surface area (Å²) >= 11 is 3.48. The zero-order valence-electron chi connectivity index (χ0n) is 58.1. The fraction of sp³-hybridized carbons (Fsp3) is 0.250. The van der Waals surface area contributed by atoms with Crippen LogP contribution in [-0.2, 0) is 16.2 Å². The van der Waals surface area contributed by atoms with Crippen molar-refractivity contribution in [1.29, 1.82) is 0 Å². The van der Waals surface area contributed by atoms with Gasteiger partial charge in [-0.2, -0.15) is 0 Å². The average molecular weight is 1310 g/mol. The van der Waals surface area contributed by atoms with Crippen LogP contribution in [0.3, 0.4) is 0 Å². The number of pyridine rings is 1. The number of hydrogen-bond donors (Lipinski definition) is 0. The van der Waals surface area contributed by atoms with Crippen molar-refractivity contribution in [2.45, 2.75) is 141 Å². The molecule has 10 nitrogen and oxygen atoms in total. The standard InChI is InChI=1S/C30H28N2O2.C29H27NO2S.C25H25NO2S/c1-17-9-10-25-22(12-17)28-29(34-25)32(27-18(2)13-21(14-19(27)3)30(4,5)6)24-15-20-8-7-11-31-23(20)16-26(24)33-28;1-16-11-12-22-21(13-16)25-27(31-22)30(24-17(2)14-19(15-18(24)3)29(4,5)6)28-26(32-25)20-9-7-8-10-23(20)33-28;1-14-11-17(25(4,5)6)12-15(2)21(14)26-23-22(18-9-7-8-10-19(18)28-23)27-20-13-16(3)29-24(20)26/h7-16H,1-6H3;7-15H,1-6H3;7-13H,1-6H3. The number of rotatable bonds is 3. The van der Waals surface area contributed by atoms with Gasteiger partial charge < -0.3 is 27.5 Å². The first-order chi connectivity index (χ1) is 45.7. The second-order valence-electron chi connectivity index (χ2n) is 29.4. The monoisotopic (exact) mass is 1300 g/mol. The van der Waals surface area contributed by atoms with Crippen molar-refractivity contribution in [3.8, 4) is 34.5 Å². The maximum Gasteiger partial charge on any atom is 0.250 e. The molecule has 17 rings (SSSR count). The summed E-state index contributed by atoms with van der Waals surface area (Å²) < 4.78 is 40.0. The van der Waals surface area contributed by atoms with Crippen LogP contribution in [0.4, 0.5) is 50.4 Å². The number of ether oxygens (including phenoxy) is 3. The number of furan rings is 3. The number of hydrogen-bond acceptors (Lipinski definition) is 12. The van der Waals surface area contributed by atoms with Gasteiger partial charge in [0.2, 0.25) is 17.7 Å². The van der Waals surface area contributed by atoms with Crippen molar-refractivity contribution in [3.63, 3.8) is 0 Å². The molecule has 0 atom stereocenters. The molecule has 3 aliphatic rings. The summed E-state index contributed by atoms with van der Waals surface area (Å²) in [5.74, 6) is 7.15. The first-order valence-corrected chi connectivity index (χ1v) is 34.7. The molecular formula is C84H80N4O6S2. The van der Waals surface area contributed by atoms with Crippen LogP contribution in [0.25, 0.3) is 53.9 Å². The highest BCUT2D eigenvalue weighted by molar-refractivity contribution is 7.23. The van der Waals surface area contributed by atoms with E-state index in [2.05, 4.69) is 254 Å². The highest BCUT2D eigenvalue weighted by Gasteiger charge is 2.39. The highest BCUT2D eigenvalue weighted by Crippen LogP contribution is 2.63. The number of aromatic nitrogens is 1. The van der Waals surface area contributed by atoms with Crippen LogP contribution >= 0.6 is 22.7 Å². The topological polar surface area (TPSA) is 89.7 Å². The largest absolute Gasteiger partial charge is 0.449 e. The van der Waals surface area contributed by atoms with E-state index in [1.165, 1.54) is 76.5 Å². The Labute approximate surface area is 569 Å². The molecule has 3 aliphatic heterocycles. The molecule has 0 saturated carbocycles. The fourth-order valence-electron chi connectivity index (χ4n) is 13.9. The third kappa shape index (κ3) is 10.6. The summed E-state index contributed by atoms with van der Waals surface area (Å²) in [5.41, 5.74) is 21.8. The number of nitrogens with zero attached hydrogens (tertiary/aromatic N) is 4. The van der Waals surface area contributed by atoms with Gasteiger partial charge in [0.1, 0.15) is 26.8 Å². The minimum atomic E-state index is 0.0703. The molecule has 12 heteroatoms. The third-order valence-electron chi connectivity index (χ3n) is 18.7. The molecule has 0 N–H and O–H groups in total. The number of fused-ring (bicyclic) bond motifs is 15. The Hall–Kier alpha value is -9.75. The smallest absolute Gasteiger partial charge is 0.250 e. The van der Waals surface area contributed by atoms with Gasteiger partial charge in [0, 0.05) is 32.6 Å². The number of aryl methyl sites for hydroxylation is 9. The molecule has 0 unspecified atom stereocenters. The lowest BCUT2D eigenvalue weighted by molar-refractivity contribution is 0.464. The van der Waals surface area contributed by atoms with E-state index in [0.717, 1.165) is 123 Å². The molecular weight excluding hydrogens is 1230 g/mol. The predicted octanol–water partition coefficient (Wildman–Crippen LogP) is 26.5. The Morgan fingerprint density at radius 1 is 0.365 bits per heavy atom. The lowest BCUT2D eigenvalue weighted by Gasteiger charge is -2.33. The molecule has 6 aromatic heterocycles. The highest BCUT2D eigenvalue weighted by atomic mass is 32.1. The summed E-state index contributed by atoms with van der Waals surface area (Å²) in [6, 6.07) is 53.2. The molecule has 0 saturated heterocycles. The third-order valence-corrected chi connectivity index (χ3v) is 20.9. The minimum absolute atomic E-state index is 0.0703. The summed E-state index contributed by atoms with van der Waals surface area (Å²) in [6.45, 7) is 39.8. The quantitative estimate of drug-likeness (QED) is 0.170. The molecule has 0 radical (unpaired) electrons. The van der Waals surface area contributed by atoms with Gasteiger partial charge >= 0.3 is 0 Å². The summed E-state index contributed by atoms with van der Waals surface area (Å²) in [4.78, 5) is 12.5. The minimum Gasteiger partial charge on any atom is -0.449 e.